The number of hydrogen-bond donors (Lipinski definition) is 2. The average molecular weight is 807 g/mol. The number of hydrogen-bond acceptors (Lipinski definition) is 11. The molecule has 1 amide bonds. The Morgan fingerprint density at radius 3 is 2.24 bits per heavy atom. The number of aryl methyl sites for hydroxylation is 1. The average Bonchev–Trinajstić information content (AvgIpc) is 3.55. The fourth-order valence-corrected chi connectivity index (χ4v) is 8.00. The van der Waals surface area contributed by atoms with Crippen molar-refractivity contribution in [1.82, 2.24) is 24.9 Å². The van der Waals surface area contributed by atoms with Crippen LogP contribution >= 0.6 is 0 Å². The van der Waals surface area contributed by atoms with Gasteiger partial charge in [0.05, 0.1) is 55.2 Å². The van der Waals surface area contributed by atoms with Gasteiger partial charge >= 0.3 is 5.97 Å². The number of piperazine rings is 1. The molecule has 1 aromatic carbocycles. The zero-order valence-electron chi connectivity index (χ0n) is 37.4. The number of nitrogens with zero attached hydrogens (tertiary/aromatic N) is 6. The summed E-state index contributed by atoms with van der Waals surface area (Å²) in [5.74, 6) is -0.259. The molecule has 2 unspecified atom stereocenters. The maximum Gasteiger partial charge on any atom is 0.302 e. The number of pyridine rings is 1. The first kappa shape index (κ1) is 46.9. The summed E-state index contributed by atoms with van der Waals surface area (Å²) in [6.07, 6.45) is 6.00. The van der Waals surface area contributed by atoms with E-state index in [1.807, 2.05) is 20.0 Å². The van der Waals surface area contributed by atoms with Crippen LogP contribution in [0.4, 0.5) is 11.4 Å². The van der Waals surface area contributed by atoms with E-state index in [0.717, 1.165) is 115 Å². The van der Waals surface area contributed by atoms with E-state index in [9.17, 15) is 9.59 Å². The highest BCUT2D eigenvalue weighted by atomic mass is 16.5. The number of aromatic nitrogens is 2. The first-order valence-corrected chi connectivity index (χ1v) is 21.8. The van der Waals surface area contributed by atoms with Gasteiger partial charge in [-0.25, -0.2) is 5.43 Å². The Balaban J connectivity index is 0.000000491. The summed E-state index contributed by atoms with van der Waals surface area (Å²) >= 11 is 0. The van der Waals surface area contributed by atoms with Gasteiger partial charge in [-0.3, -0.25) is 24.5 Å². The fraction of sp³-hybridized carbons (Fsp3) is 0.667. The Kier molecular flexibility index (Phi) is 18.3. The maximum absolute atomic E-state index is 11.8. The van der Waals surface area contributed by atoms with E-state index < -0.39 is 0 Å². The van der Waals surface area contributed by atoms with Gasteiger partial charge in [0.2, 0.25) is 0 Å². The molecule has 58 heavy (non-hydrogen) atoms. The van der Waals surface area contributed by atoms with Crippen LogP contribution in [-0.4, -0.2) is 123 Å². The zero-order chi connectivity index (χ0) is 42.4. The maximum atomic E-state index is 11.8. The van der Waals surface area contributed by atoms with Crippen LogP contribution in [0.15, 0.2) is 30.5 Å². The number of nitrogens with two attached hydrogens (primary N) is 1. The number of fused-ring (bicyclic) bond motifs is 1. The number of ether oxygens (including phenoxy) is 3. The SMILES string of the molecule is CC.CC(N)C(=O)N1CCCCN1.CCCN1CCN(c2cnc(C(C)OC)c(-c3c(CC(C)(C)COC(C)=O)c4cc(N5CCOCC5)ccc4n3CC)c2)CC1. The van der Waals surface area contributed by atoms with E-state index in [2.05, 4.69) is 83.6 Å². The lowest BCUT2D eigenvalue weighted by molar-refractivity contribution is -0.144. The molecule has 0 radical (unpaired) electrons. The number of methoxy groups -OCH3 is 1. The summed E-state index contributed by atoms with van der Waals surface area (Å²) in [7, 11) is 1.75. The Bertz CT molecular complexity index is 1740. The minimum atomic E-state index is -0.388. The van der Waals surface area contributed by atoms with Crippen LogP contribution in [0, 0.1) is 5.41 Å². The van der Waals surface area contributed by atoms with Crippen LogP contribution in [0.25, 0.3) is 22.2 Å². The second-order valence-corrected chi connectivity index (χ2v) is 16.2. The van der Waals surface area contributed by atoms with Crippen molar-refractivity contribution < 1.29 is 23.8 Å². The molecule has 5 heterocycles. The number of amides is 1. The number of nitrogens with one attached hydrogen (secondary N) is 1. The van der Waals surface area contributed by atoms with Crippen LogP contribution in [-0.2, 0) is 36.8 Å². The molecule has 13 nitrogen and oxygen atoms in total. The number of rotatable bonds is 13. The van der Waals surface area contributed by atoms with Crippen LogP contribution in [0.5, 0.6) is 0 Å². The quantitative estimate of drug-likeness (QED) is 0.186. The van der Waals surface area contributed by atoms with E-state index in [0.29, 0.717) is 6.61 Å². The van der Waals surface area contributed by atoms with Crippen LogP contribution < -0.4 is 21.0 Å². The number of benzene rings is 1. The summed E-state index contributed by atoms with van der Waals surface area (Å²) in [6.45, 7) is 29.5. The molecule has 3 aliphatic heterocycles. The summed E-state index contributed by atoms with van der Waals surface area (Å²) < 4.78 is 19.6. The lowest BCUT2D eigenvalue weighted by atomic mass is 9.84. The van der Waals surface area contributed by atoms with Gasteiger partial charge in [-0.2, -0.15) is 0 Å². The molecular formula is C45H74N8O5. The molecule has 0 aliphatic carbocycles. The Labute approximate surface area is 348 Å². The molecule has 0 spiro atoms. The summed E-state index contributed by atoms with van der Waals surface area (Å²) in [5, 5.41) is 2.86. The van der Waals surface area contributed by atoms with Crippen molar-refractivity contribution in [3.8, 4) is 11.3 Å². The first-order chi connectivity index (χ1) is 27.9. The fourth-order valence-electron chi connectivity index (χ4n) is 8.00. The van der Waals surface area contributed by atoms with Crippen molar-refractivity contribution in [3.63, 3.8) is 0 Å². The third-order valence-corrected chi connectivity index (χ3v) is 11.1. The Morgan fingerprint density at radius 2 is 1.66 bits per heavy atom. The molecule has 6 rings (SSSR count). The van der Waals surface area contributed by atoms with Gasteiger partial charge in [0.15, 0.2) is 0 Å². The largest absolute Gasteiger partial charge is 0.465 e. The lowest BCUT2D eigenvalue weighted by Gasteiger charge is -2.36. The van der Waals surface area contributed by atoms with E-state index in [1.165, 1.54) is 41.2 Å². The number of carbonyl (C=O) groups is 2. The molecular weight excluding hydrogens is 733 g/mol. The van der Waals surface area contributed by atoms with Crippen molar-refractivity contribution in [3.05, 3.63) is 41.7 Å². The van der Waals surface area contributed by atoms with E-state index >= 15 is 0 Å². The van der Waals surface area contributed by atoms with E-state index in [-0.39, 0.29) is 29.4 Å². The number of morpholine rings is 1. The molecule has 13 heteroatoms. The van der Waals surface area contributed by atoms with Crippen LogP contribution in [0.2, 0.25) is 0 Å². The minimum Gasteiger partial charge on any atom is -0.465 e. The highest BCUT2D eigenvalue weighted by molar-refractivity contribution is 5.95. The molecule has 2 atom stereocenters. The molecule has 0 bridgehead atoms. The Hall–Kier alpha value is -3.75. The van der Waals surface area contributed by atoms with E-state index in [1.54, 1.807) is 19.0 Å². The monoisotopic (exact) mass is 807 g/mol. The van der Waals surface area contributed by atoms with Crippen molar-refractivity contribution in [2.45, 2.75) is 107 Å². The molecule has 2 aromatic heterocycles. The van der Waals surface area contributed by atoms with Crippen molar-refractivity contribution in [2.75, 3.05) is 95.6 Å². The van der Waals surface area contributed by atoms with Gasteiger partial charge in [-0.15, -0.1) is 0 Å². The van der Waals surface area contributed by atoms with Gasteiger partial charge in [-0.1, -0.05) is 34.6 Å². The standard InChI is InChI=1S/C36H53N5O4.C7H15N3O.C2H6/c1-8-12-38-13-15-39(16-14-38)29-22-31(34(37-24-29)26(3)43-7)35-32(23-36(5,6)25-45-27(4)42)30-21-28(40-17-19-44-20-18-40)10-11-33(30)41(35)9-2;1-6(8)7(11)10-5-3-2-4-9-10;1-2/h10-11,21-22,24,26H,8-9,12-20,23,25H2,1-7H3;6,9H,2-5,8H2,1H3;1-2H3. The van der Waals surface area contributed by atoms with Crippen molar-refractivity contribution >= 4 is 34.2 Å². The predicted molar refractivity (Wildman–Crippen MR) is 236 cm³/mol. The number of anilines is 2. The molecule has 3 saturated heterocycles. The molecule has 3 fully saturated rings. The highest BCUT2D eigenvalue weighted by Gasteiger charge is 2.30. The van der Waals surface area contributed by atoms with Gasteiger partial charge in [0, 0.05) is 101 Å². The first-order valence-electron chi connectivity index (χ1n) is 21.8. The minimum absolute atomic E-state index is 0.00954. The zero-order valence-corrected chi connectivity index (χ0v) is 37.4. The van der Waals surface area contributed by atoms with Gasteiger partial charge < -0.3 is 34.3 Å². The molecule has 3 aliphatic rings. The number of hydrazine groups is 1. The molecule has 3 aromatic rings. The Morgan fingerprint density at radius 1 is 0.966 bits per heavy atom. The summed E-state index contributed by atoms with van der Waals surface area (Å²) in [5.41, 5.74) is 16.2. The highest BCUT2D eigenvalue weighted by Crippen LogP contribution is 2.43. The second kappa shape index (κ2) is 22.6. The second-order valence-electron chi connectivity index (χ2n) is 16.2. The van der Waals surface area contributed by atoms with Crippen LogP contribution in [0.3, 0.4) is 0 Å². The molecule has 3 N–H and O–H groups in total. The third-order valence-electron chi connectivity index (χ3n) is 11.1. The summed E-state index contributed by atoms with van der Waals surface area (Å²) in [6, 6.07) is 8.84. The summed E-state index contributed by atoms with van der Waals surface area (Å²) in [4.78, 5) is 35.6. The molecule has 324 valence electrons. The van der Waals surface area contributed by atoms with E-state index in [4.69, 9.17) is 24.9 Å². The lowest BCUT2D eigenvalue weighted by Crippen LogP contribution is -2.52. The van der Waals surface area contributed by atoms with Gasteiger partial charge in [0.1, 0.15) is 0 Å². The number of esters is 1. The normalized spacial score (nSPS) is 17.5. The van der Waals surface area contributed by atoms with Gasteiger partial charge in [-0.05, 0) is 82.8 Å². The smallest absolute Gasteiger partial charge is 0.302 e. The van der Waals surface area contributed by atoms with Crippen molar-refractivity contribution in [1.29, 1.82) is 0 Å². The van der Waals surface area contributed by atoms with Crippen molar-refractivity contribution in [2.24, 2.45) is 11.1 Å². The molecule has 0 saturated carbocycles. The van der Waals surface area contributed by atoms with Crippen LogP contribution in [0.1, 0.15) is 98.9 Å². The number of carbonyl (C=O) groups excluding carboxylic acids is 2. The van der Waals surface area contributed by atoms with Gasteiger partial charge in [0.25, 0.3) is 5.91 Å². The predicted octanol–water partition coefficient (Wildman–Crippen LogP) is 6.42. The topological polar surface area (TPSA) is 131 Å². The third kappa shape index (κ3) is 12.2.